The zero-order valence-corrected chi connectivity index (χ0v) is 12.2. The van der Waals surface area contributed by atoms with Crippen LogP contribution in [0.3, 0.4) is 0 Å². The van der Waals surface area contributed by atoms with Gasteiger partial charge in [0.25, 0.3) is 0 Å². The molecule has 0 unspecified atom stereocenters. The molecule has 0 aliphatic heterocycles. The van der Waals surface area contributed by atoms with E-state index in [0.29, 0.717) is 0 Å². The van der Waals surface area contributed by atoms with E-state index in [1.807, 2.05) is 23.1 Å². The summed E-state index contributed by atoms with van der Waals surface area (Å²) in [5.74, 6) is 0. The van der Waals surface area contributed by atoms with Gasteiger partial charge in [-0.1, -0.05) is 0 Å². The summed E-state index contributed by atoms with van der Waals surface area (Å²) in [6.45, 7) is 0. The van der Waals surface area contributed by atoms with Gasteiger partial charge in [-0.05, 0) is 62.3 Å². The predicted molar refractivity (Wildman–Crippen MR) is 74.0 cm³/mol. The number of hydrogen-bond acceptors (Lipinski definition) is 2. The summed E-state index contributed by atoms with van der Waals surface area (Å²) in [6, 6.07) is 4.40. The van der Waals surface area contributed by atoms with Gasteiger partial charge >= 0.3 is 0 Å². The minimum absolute atomic E-state index is 1.22. The third kappa shape index (κ3) is 1.78. The summed E-state index contributed by atoms with van der Waals surface area (Å²) in [7, 11) is 0. The van der Waals surface area contributed by atoms with Gasteiger partial charge in [0, 0.05) is 23.0 Å². The van der Waals surface area contributed by atoms with Crippen molar-refractivity contribution in [3.63, 3.8) is 0 Å². The molecule has 68 valence electrons. The van der Waals surface area contributed by atoms with Crippen LogP contribution in [-0.4, -0.2) is 6.26 Å². The van der Waals surface area contributed by atoms with E-state index >= 15 is 0 Å². The Bertz CT molecular complexity index is 450. The second-order valence-corrected chi connectivity index (χ2v) is 6.26. The van der Waals surface area contributed by atoms with Crippen molar-refractivity contribution < 1.29 is 0 Å². The lowest BCUT2D eigenvalue weighted by Gasteiger charge is -2.03. The molecule has 1 aromatic carbocycles. The number of thiophene rings is 1. The Morgan fingerprint density at radius 3 is 3.00 bits per heavy atom. The molecule has 0 saturated carbocycles. The Hall–Kier alpha value is 0.740. The van der Waals surface area contributed by atoms with Crippen molar-refractivity contribution in [3.8, 4) is 0 Å². The fraction of sp³-hybridized carbons (Fsp3) is 0.111. The van der Waals surface area contributed by atoms with E-state index in [1.54, 1.807) is 0 Å². The zero-order valence-electron chi connectivity index (χ0n) is 6.80. The molecule has 2 rings (SSSR count). The SMILES string of the molecule is CSc1cc(I)c(Br)c2ccsc12. The monoisotopic (exact) mass is 384 g/mol. The fourth-order valence-corrected chi connectivity index (χ4v) is 4.32. The van der Waals surface area contributed by atoms with Gasteiger partial charge in [0.15, 0.2) is 0 Å². The largest absolute Gasteiger partial charge is 0.143 e. The van der Waals surface area contributed by atoms with Crippen LogP contribution >= 0.6 is 61.6 Å². The first-order valence-electron chi connectivity index (χ1n) is 3.63. The van der Waals surface area contributed by atoms with Crippen LogP contribution in [0.15, 0.2) is 26.9 Å². The minimum atomic E-state index is 1.22. The summed E-state index contributed by atoms with van der Waals surface area (Å²) in [4.78, 5) is 1.37. The van der Waals surface area contributed by atoms with Crippen molar-refractivity contribution in [1.82, 2.24) is 0 Å². The third-order valence-corrected chi connectivity index (χ3v) is 6.10. The number of thioether (sulfide) groups is 1. The van der Waals surface area contributed by atoms with E-state index in [4.69, 9.17) is 0 Å². The molecule has 0 saturated heterocycles. The highest BCUT2D eigenvalue weighted by Gasteiger charge is 2.08. The molecule has 0 aliphatic rings. The average Bonchev–Trinajstić information content (AvgIpc) is 2.60. The molecule has 1 heterocycles. The lowest BCUT2D eigenvalue weighted by Crippen LogP contribution is -1.78. The first kappa shape index (κ1) is 10.3. The van der Waals surface area contributed by atoms with Crippen LogP contribution in [-0.2, 0) is 0 Å². The second kappa shape index (κ2) is 4.08. The Morgan fingerprint density at radius 2 is 2.31 bits per heavy atom. The van der Waals surface area contributed by atoms with E-state index in [1.165, 1.54) is 23.0 Å². The van der Waals surface area contributed by atoms with Crippen molar-refractivity contribution in [2.75, 3.05) is 6.26 Å². The second-order valence-electron chi connectivity index (χ2n) is 2.54. The van der Waals surface area contributed by atoms with E-state index in [9.17, 15) is 0 Å². The van der Waals surface area contributed by atoms with Gasteiger partial charge in [0.05, 0.1) is 0 Å². The Morgan fingerprint density at radius 1 is 1.54 bits per heavy atom. The molecule has 1 aromatic heterocycles. The highest BCUT2D eigenvalue weighted by atomic mass is 127. The van der Waals surface area contributed by atoms with Gasteiger partial charge in [-0.2, -0.15) is 0 Å². The molecule has 0 atom stereocenters. The van der Waals surface area contributed by atoms with Crippen LogP contribution in [0, 0.1) is 3.57 Å². The lowest BCUT2D eigenvalue weighted by molar-refractivity contribution is 1.52. The molecule has 0 bridgehead atoms. The zero-order chi connectivity index (χ0) is 9.42. The molecule has 0 fully saturated rings. The van der Waals surface area contributed by atoms with Crippen LogP contribution < -0.4 is 0 Å². The van der Waals surface area contributed by atoms with Crippen LogP contribution in [0.5, 0.6) is 0 Å². The molecule has 0 amide bonds. The molecule has 2 aromatic rings. The molecule has 0 spiro atoms. The number of halogens is 2. The highest BCUT2D eigenvalue weighted by Crippen LogP contribution is 2.38. The van der Waals surface area contributed by atoms with Gasteiger partial charge in [-0.15, -0.1) is 23.1 Å². The van der Waals surface area contributed by atoms with Crippen molar-refractivity contribution in [2.45, 2.75) is 4.90 Å². The first-order valence-corrected chi connectivity index (χ1v) is 7.61. The summed E-state index contributed by atoms with van der Waals surface area (Å²) in [5.41, 5.74) is 0. The molecule has 4 heteroatoms. The minimum Gasteiger partial charge on any atom is -0.143 e. The maximum atomic E-state index is 3.61. The Labute approximate surface area is 107 Å². The molecule has 0 radical (unpaired) electrons. The van der Waals surface area contributed by atoms with Gasteiger partial charge in [-0.25, -0.2) is 0 Å². The predicted octanol–water partition coefficient (Wildman–Crippen LogP) is 4.99. The third-order valence-electron chi connectivity index (χ3n) is 1.81. The summed E-state index contributed by atoms with van der Waals surface area (Å²) >= 11 is 9.59. The molecular weight excluding hydrogens is 379 g/mol. The highest BCUT2D eigenvalue weighted by molar-refractivity contribution is 14.1. The van der Waals surface area contributed by atoms with E-state index in [0.717, 1.165) is 0 Å². The average molecular weight is 385 g/mol. The van der Waals surface area contributed by atoms with Crippen LogP contribution in [0.4, 0.5) is 0 Å². The van der Waals surface area contributed by atoms with Crippen LogP contribution in [0.2, 0.25) is 0 Å². The Kier molecular flexibility index (Phi) is 3.22. The Balaban J connectivity index is 2.87. The maximum Gasteiger partial charge on any atom is 0.0490 e. The van der Waals surface area contributed by atoms with Crippen molar-refractivity contribution in [3.05, 3.63) is 25.6 Å². The molecule has 0 N–H and O–H groups in total. The van der Waals surface area contributed by atoms with Gasteiger partial charge in [0.2, 0.25) is 0 Å². The first-order chi connectivity index (χ1) is 6.24. The molecule has 0 nitrogen and oxygen atoms in total. The normalized spacial score (nSPS) is 11.0. The summed E-state index contributed by atoms with van der Waals surface area (Å²) in [5, 5.41) is 3.48. The number of fused-ring (bicyclic) bond motifs is 1. The van der Waals surface area contributed by atoms with Gasteiger partial charge in [-0.3, -0.25) is 0 Å². The van der Waals surface area contributed by atoms with Gasteiger partial charge < -0.3 is 0 Å². The maximum absolute atomic E-state index is 3.61. The van der Waals surface area contributed by atoms with E-state index < -0.39 is 0 Å². The standard InChI is InChI=1S/C9H6BrIS2/c1-12-7-4-6(11)8(10)5-2-3-13-9(5)7/h2-4H,1H3. The number of benzene rings is 1. The van der Waals surface area contributed by atoms with Crippen LogP contribution in [0.25, 0.3) is 10.1 Å². The van der Waals surface area contributed by atoms with Gasteiger partial charge in [0.1, 0.15) is 0 Å². The van der Waals surface area contributed by atoms with Crippen molar-refractivity contribution >= 4 is 71.7 Å². The van der Waals surface area contributed by atoms with Crippen molar-refractivity contribution in [2.24, 2.45) is 0 Å². The molecular formula is C9H6BrIS2. The molecule has 13 heavy (non-hydrogen) atoms. The smallest absolute Gasteiger partial charge is 0.0490 e. The van der Waals surface area contributed by atoms with Crippen LogP contribution in [0.1, 0.15) is 0 Å². The molecule has 0 aliphatic carbocycles. The lowest BCUT2D eigenvalue weighted by atomic mass is 10.3. The number of hydrogen-bond donors (Lipinski definition) is 0. The number of rotatable bonds is 1. The van der Waals surface area contributed by atoms with E-state index in [-0.39, 0.29) is 0 Å². The quantitative estimate of drug-likeness (QED) is 0.493. The van der Waals surface area contributed by atoms with Crippen molar-refractivity contribution in [1.29, 1.82) is 0 Å². The fourth-order valence-electron chi connectivity index (χ4n) is 1.20. The topological polar surface area (TPSA) is 0 Å². The summed E-state index contributed by atoms with van der Waals surface area (Å²) < 4.78 is 3.90. The summed E-state index contributed by atoms with van der Waals surface area (Å²) in [6.07, 6.45) is 2.12. The van der Waals surface area contributed by atoms with E-state index in [2.05, 4.69) is 62.3 Å².